The normalized spacial score (nSPS) is 25.3. The molecule has 0 atom stereocenters. The number of benzene rings is 1. The van der Waals surface area contributed by atoms with Crippen molar-refractivity contribution in [2.45, 2.75) is 63.6 Å². The van der Waals surface area contributed by atoms with Gasteiger partial charge in [-0.3, -0.25) is 0 Å². The van der Waals surface area contributed by atoms with E-state index in [9.17, 15) is 0 Å². The predicted molar refractivity (Wildman–Crippen MR) is 108 cm³/mol. The number of nitrogens with one attached hydrogen (secondary N) is 1. The van der Waals surface area contributed by atoms with Crippen LogP contribution in [-0.4, -0.2) is 56.5 Å². The highest BCUT2D eigenvalue weighted by Crippen LogP contribution is 2.29. The predicted octanol–water partition coefficient (Wildman–Crippen LogP) is 3.43. The zero-order chi connectivity index (χ0) is 18.4. The second kappa shape index (κ2) is 9.58. The summed E-state index contributed by atoms with van der Waals surface area (Å²) in [6.07, 6.45) is 7.72. The van der Waals surface area contributed by atoms with Gasteiger partial charge in [0.05, 0.1) is 30.7 Å². The van der Waals surface area contributed by atoms with Crippen LogP contribution in [0.1, 0.15) is 44.1 Å². The number of rotatable bonds is 7. The summed E-state index contributed by atoms with van der Waals surface area (Å²) in [6.45, 7) is 5.91. The van der Waals surface area contributed by atoms with Crippen molar-refractivity contribution in [2.75, 3.05) is 44.5 Å². The van der Waals surface area contributed by atoms with Crippen LogP contribution >= 0.6 is 0 Å². The Labute approximate surface area is 158 Å². The number of nitrogens with two attached hydrogens (primary N) is 1. The summed E-state index contributed by atoms with van der Waals surface area (Å²) in [5.41, 5.74) is 9.31. The van der Waals surface area contributed by atoms with E-state index < -0.39 is 0 Å². The molecule has 5 nitrogen and oxygen atoms in total. The Bertz CT molecular complexity index is 550. The quantitative estimate of drug-likeness (QED) is 0.575. The maximum Gasteiger partial charge on any atom is 0.0704 e. The number of hydrogen-bond donors (Lipinski definition) is 2. The minimum absolute atomic E-state index is 0.435. The number of hydrogen-bond acceptors (Lipinski definition) is 5. The van der Waals surface area contributed by atoms with Crippen LogP contribution in [0.5, 0.6) is 0 Å². The lowest BCUT2D eigenvalue weighted by molar-refractivity contribution is -0.0163. The fraction of sp³-hybridized carbons (Fsp3) is 0.714. The zero-order valence-electron chi connectivity index (χ0n) is 16.4. The van der Waals surface area contributed by atoms with Gasteiger partial charge in [-0.2, -0.15) is 0 Å². The van der Waals surface area contributed by atoms with Crippen LogP contribution in [0.15, 0.2) is 18.2 Å². The van der Waals surface area contributed by atoms with Crippen LogP contribution in [0.2, 0.25) is 0 Å². The van der Waals surface area contributed by atoms with Crippen molar-refractivity contribution in [3.63, 3.8) is 0 Å². The number of likely N-dealkylation sites (tertiary alicyclic amines) is 1. The zero-order valence-corrected chi connectivity index (χ0v) is 16.4. The lowest BCUT2D eigenvalue weighted by atomic mass is 9.90. The van der Waals surface area contributed by atoms with E-state index in [1.54, 1.807) is 7.11 Å². The van der Waals surface area contributed by atoms with Gasteiger partial charge in [-0.25, -0.2) is 0 Å². The topological polar surface area (TPSA) is 59.8 Å². The molecule has 0 unspecified atom stereocenters. The standard InChI is InChI=1S/C21H35N3O2/c1-16-3-8-20(22)21(15-16)23-17-9-11-24(12-10-17)18-4-6-19(7-5-18)26-14-13-25-2/h3,8,15,17-19,23H,4-7,9-14,22H2,1-2H3. The third kappa shape index (κ3) is 5.35. The van der Waals surface area contributed by atoms with Gasteiger partial charge in [0.2, 0.25) is 0 Å². The van der Waals surface area contributed by atoms with Gasteiger partial charge in [0, 0.05) is 32.3 Å². The van der Waals surface area contributed by atoms with E-state index in [-0.39, 0.29) is 0 Å². The highest BCUT2D eigenvalue weighted by molar-refractivity contribution is 5.67. The third-order valence-corrected chi connectivity index (χ3v) is 5.90. The number of piperidine rings is 1. The van der Waals surface area contributed by atoms with Crippen molar-refractivity contribution >= 4 is 11.4 Å². The molecule has 0 amide bonds. The van der Waals surface area contributed by atoms with Crippen LogP contribution in [0, 0.1) is 6.92 Å². The van der Waals surface area contributed by atoms with Gasteiger partial charge in [0.1, 0.15) is 0 Å². The maximum atomic E-state index is 6.11. The number of nitrogen functional groups attached to an aromatic ring is 1. The minimum Gasteiger partial charge on any atom is -0.397 e. The maximum absolute atomic E-state index is 6.11. The molecular formula is C21H35N3O2. The Kier molecular flexibility index (Phi) is 7.17. The van der Waals surface area contributed by atoms with Crippen LogP contribution in [-0.2, 0) is 9.47 Å². The molecule has 0 radical (unpaired) electrons. The van der Waals surface area contributed by atoms with Gasteiger partial charge >= 0.3 is 0 Å². The molecule has 1 aromatic rings. The van der Waals surface area contributed by atoms with Crippen molar-refractivity contribution in [3.8, 4) is 0 Å². The van der Waals surface area contributed by atoms with E-state index >= 15 is 0 Å². The van der Waals surface area contributed by atoms with E-state index in [2.05, 4.69) is 29.3 Å². The first-order valence-electron chi connectivity index (χ1n) is 10.1. The molecule has 3 N–H and O–H groups in total. The molecule has 1 aromatic carbocycles. The van der Waals surface area contributed by atoms with Crippen LogP contribution in [0.3, 0.4) is 0 Å². The van der Waals surface area contributed by atoms with Gasteiger partial charge in [-0.15, -0.1) is 0 Å². The van der Waals surface area contributed by atoms with Gasteiger partial charge in [0.15, 0.2) is 0 Å². The molecule has 2 aliphatic rings. The summed E-state index contributed by atoms with van der Waals surface area (Å²) in [6, 6.07) is 7.50. The van der Waals surface area contributed by atoms with E-state index in [4.69, 9.17) is 15.2 Å². The van der Waals surface area contributed by atoms with Crippen LogP contribution in [0.25, 0.3) is 0 Å². The van der Waals surface area contributed by atoms with E-state index in [1.807, 2.05) is 6.07 Å². The average molecular weight is 362 g/mol. The first kappa shape index (κ1) is 19.5. The van der Waals surface area contributed by atoms with Crippen molar-refractivity contribution in [2.24, 2.45) is 0 Å². The molecule has 1 aliphatic heterocycles. The van der Waals surface area contributed by atoms with Gasteiger partial charge in [-0.1, -0.05) is 6.07 Å². The molecule has 146 valence electrons. The lowest BCUT2D eigenvalue weighted by Crippen LogP contribution is -2.46. The molecule has 5 heteroatoms. The third-order valence-electron chi connectivity index (χ3n) is 5.90. The Balaban J connectivity index is 1.39. The first-order chi connectivity index (χ1) is 12.7. The molecule has 0 spiro atoms. The second-order valence-corrected chi connectivity index (χ2v) is 7.84. The average Bonchev–Trinajstić information content (AvgIpc) is 2.66. The summed E-state index contributed by atoms with van der Waals surface area (Å²) >= 11 is 0. The Morgan fingerprint density at radius 2 is 1.81 bits per heavy atom. The van der Waals surface area contributed by atoms with Crippen molar-refractivity contribution < 1.29 is 9.47 Å². The summed E-state index contributed by atoms with van der Waals surface area (Å²) in [5, 5.41) is 3.67. The number of methoxy groups -OCH3 is 1. The Morgan fingerprint density at radius 3 is 2.50 bits per heavy atom. The van der Waals surface area contributed by atoms with Gasteiger partial charge in [-0.05, 0) is 63.1 Å². The monoisotopic (exact) mass is 361 g/mol. The minimum atomic E-state index is 0.435. The Hall–Kier alpha value is -1.30. The smallest absolute Gasteiger partial charge is 0.0704 e. The van der Waals surface area contributed by atoms with Gasteiger partial charge in [0.25, 0.3) is 0 Å². The number of anilines is 2. The van der Waals surface area contributed by atoms with E-state index in [0.29, 0.717) is 18.8 Å². The molecule has 1 saturated carbocycles. The molecule has 1 saturated heterocycles. The molecule has 26 heavy (non-hydrogen) atoms. The molecule has 0 bridgehead atoms. The highest BCUT2D eigenvalue weighted by atomic mass is 16.5. The second-order valence-electron chi connectivity index (χ2n) is 7.84. The summed E-state index contributed by atoms with van der Waals surface area (Å²) < 4.78 is 11.0. The fourth-order valence-corrected chi connectivity index (χ4v) is 4.30. The largest absolute Gasteiger partial charge is 0.397 e. The Morgan fingerprint density at radius 1 is 1.08 bits per heavy atom. The molecule has 0 aromatic heterocycles. The van der Waals surface area contributed by atoms with Crippen LogP contribution in [0.4, 0.5) is 11.4 Å². The highest BCUT2D eigenvalue weighted by Gasteiger charge is 2.29. The van der Waals surface area contributed by atoms with Gasteiger partial charge < -0.3 is 25.4 Å². The summed E-state index contributed by atoms with van der Waals surface area (Å²) in [5.74, 6) is 0. The summed E-state index contributed by atoms with van der Waals surface area (Å²) in [4.78, 5) is 2.70. The molecule has 2 fully saturated rings. The molecule has 3 rings (SSSR count). The number of ether oxygens (including phenoxy) is 2. The first-order valence-corrected chi connectivity index (χ1v) is 10.1. The number of nitrogens with zero attached hydrogens (tertiary/aromatic N) is 1. The van der Waals surface area contributed by atoms with E-state index in [1.165, 1.54) is 57.2 Å². The van der Waals surface area contributed by atoms with Crippen molar-refractivity contribution in [1.82, 2.24) is 4.90 Å². The van der Waals surface area contributed by atoms with Crippen molar-refractivity contribution in [1.29, 1.82) is 0 Å². The molecule has 1 heterocycles. The molecular weight excluding hydrogens is 326 g/mol. The SMILES string of the molecule is COCCOC1CCC(N2CCC(Nc3cc(C)ccc3N)CC2)CC1. The van der Waals surface area contributed by atoms with Crippen LogP contribution < -0.4 is 11.1 Å². The number of aryl methyl sites for hydroxylation is 1. The molecule has 1 aliphatic carbocycles. The lowest BCUT2D eigenvalue weighted by Gasteiger charge is -2.41. The van der Waals surface area contributed by atoms with E-state index in [0.717, 1.165) is 24.0 Å². The fourth-order valence-electron chi connectivity index (χ4n) is 4.30. The summed E-state index contributed by atoms with van der Waals surface area (Å²) in [7, 11) is 1.73. The van der Waals surface area contributed by atoms with Crippen molar-refractivity contribution in [3.05, 3.63) is 23.8 Å².